The van der Waals surface area contributed by atoms with Crippen LogP contribution in [0, 0.1) is 5.82 Å². The van der Waals surface area contributed by atoms with Crippen LogP contribution >= 0.6 is 11.8 Å². The zero-order valence-corrected chi connectivity index (χ0v) is 16.6. The van der Waals surface area contributed by atoms with Crippen molar-refractivity contribution in [2.24, 2.45) is 4.99 Å². The Hall–Kier alpha value is -2.36. The van der Waals surface area contributed by atoms with Gasteiger partial charge in [0.15, 0.2) is 4.75 Å². The third-order valence-electron chi connectivity index (χ3n) is 4.89. The highest BCUT2D eigenvalue weighted by Crippen LogP contribution is 2.52. The Morgan fingerprint density at radius 2 is 1.80 bits per heavy atom. The van der Waals surface area contributed by atoms with Crippen molar-refractivity contribution in [3.05, 3.63) is 65.2 Å². The Bertz CT molecular complexity index is 1010. The van der Waals surface area contributed by atoms with E-state index in [-0.39, 0.29) is 17.5 Å². The number of pyridine rings is 1. The highest BCUT2D eigenvalue weighted by molar-refractivity contribution is 8.16. The molecular weight excluding hydrogens is 430 g/mol. The number of aliphatic imine (C=N–C) groups is 1. The molecule has 1 aromatic carbocycles. The summed E-state index contributed by atoms with van der Waals surface area (Å²) in [7, 11) is 0. The van der Waals surface area contributed by atoms with Crippen molar-refractivity contribution >= 4 is 22.7 Å². The van der Waals surface area contributed by atoms with Crippen LogP contribution in [0.3, 0.4) is 0 Å². The van der Waals surface area contributed by atoms with Gasteiger partial charge in [0.05, 0.1) is 5.04 Å². The first kappa shape index (κ1) is 22.3. The smallest absolute Gasteiger partial charge is 0.271 e. The Labute approximate surface area is 172 Å². The lowest BCUT2D eigenvalue weighted by atomic mass is 9.94. The molecule has 10 heteroatoms. The maximum absolute atomic E-state index is 15.2. The van der Waals surface area contributed by atoms with Crippen molar-refractivity contribution in [1.82, 2.24) is 4.98 Å². The van der Waals surface area contributed by atoms with Crippen LogP contribution in [0.5, 0.6) is 0 Å². The van der Waals surface area contributed by atoms with Gasteiger partial charge in [-0.3, -0.25) is 9.78 Å². The zero-order chi connectivity index (χ0) is 22.3. The second kappa shape index (κ2) is 7.72. The van der Waals surface area contributed by atoms with Gasteiger partial charge in [0, 0.05) is 18.2 Å². The summed E-state index contributed by atoms with van der Waals surface area (Å²) in [5.74, 6) is -6.02. The van der Waals surface area contributed by atoms with E-state index in [1.165, 1.54) is 12.1 Å². The highest BCUT2D eigenvalue weighted by atomic mass is 32.2. The number of thioether (sulfide) groups is 1. The summed E-state index contributed by atoms with van der Waals surface area (Å²) >= 11 is 0.491. The lowest BCUT2D eigenvalue weighted by molar-refractivity contribution is -0.141. The Kier molecular flexibility index (Phi) is 5.74. The maximum Gasteiger partial charge on any atom is 0.433 e. The van der Waals surface area contributed by atoms with E-state index in [1.807, 2.05) is 0 Å². The molecule has 0 saturated carbocycles. The Morgan fingerprint density at radius 3 is 2.43 bits per heavy atom. The molecule has 0 aliphatic carbocycles. The first-order valence-corrected chi connectivity index (χ1v) is 9.65. The number of rotatable bonds is 5. The average Bonchev–Trinajstić information content (AvgIpc) is 2.96. The molecule has 0 radical (unpaired) electrons. The molecule has 2 aromatic rings. The second-order valence-corrected chi connectivity index (χ2v) is 8.57. The number of halogens is 6. The van der Waals surface area contributed by atoms with E-state index in [9.17, 15) is 22.4 Å². The third-order valence-corrected chi connectivity index (χ3v) is 6.22. The summed E-state index contributed by atoms with van der Waals surface area (Å²) in [6.07, 6.45) is -4.24. The number of hydrogen-bond donors (Lipinski definition) is 0. The second-order valence-electron chi connectivity index (χ2n) is 7.07. The molecule has 1 aromatic heterocycles. The van der Waals surface area contributed by atoms with Crippen LogP contribution in [0.15, 0.2) is 47.6 Å². The summed E-state index contributed by atoms with van der Waals surface area (Å²) in [4.78, 5) is 19.2. The molecular formula is C20H16F6N2OS. The van der Waals surface area contributed by atoms with Crippen LogP contribution in [-0.2, 0) is 16.9 Å². The number of hydrogen-bond acceptors (Lipinski definition) is 3. The van der Waals surface area contributed by atoms with Gasteiger partial charge >= 0.3 is 6.18 Å². The van der Waals surface area contributed by atoms with Gasteiger partial charge in [0.1, 0.15) is 11.5 Å². The van der Waals surface area contributed by atoms with Gasteiger partial charge in [0.25, 0.3) is 11.8 Å². The number of carbonyl (C=O) groups excluding carboxylic acids is 1. The van der Waals surface area contributed by atoms with E-state index < -0.39 is 45.7 Å². The lowest BCUT2D eigenvalue weighted by Gasteiger charge is -2.31. The molecule has 2 atom stereocenters. The van der Waals surface area contributed by atoms with Crippen molar-refractivity contribution in [2.45, 2.75) is 43.0 Å². The molecule has 0 bridgehead atoms. The molecule has 3 nitrogen and oxygen atoms in total. The van der Waals surface area contributed by atoms with Crippen molar-refractivity contribution in [3.63, 3.8) is 0 Å². The topological polar surface area (TPSA) is 42.3 Å². The molecule has 160 valence electrons. The van der Waals surface area contributed by atoms with Crippen LogP contribution in [0.1, 0.15) is 43.0 Å². The largest absolute Gasteiger partial charge is 0.433 e. The van der Waals surface area contributed by atoms with E-state index in [2.05, 4.69) is 9.98 Å². The summed E-state index contributed by atoms with van der Waals surface area (Å²) in [5.41, 5.74) is -2.11. The molecule has 1 amide bonds. The molecule has 0 fully saturated rings. The van der Waals surface area contributed by atoms with Gasteiger partial charge in [-0.1, -0.05) is 36.9 Å². The molecule has 3 rings (SSSR count). The summed E-state index contributed by atoms with van der Waals surface area (Å²) in [6, 6.07) is 6.93. The SMILES string of the molecule is C[C@H](CC1=NC(=O)C(C)(C(F)(F)c2ccnc(C(F)(F)F)c2)S1)c1ccccc1F. The van der Waals surface area contributed by atoms with Gasteiger partial charge < -0.3 is 0 Å². The number of benzene rings is 1. The molecule has 1 aliphatic heterocycles. The van der Waals surface area contributed by atoms with Gasteiger partial charge in [0.2, 0.25) is 0 Å². The van der Waals surface area contributed by atoms with Crippen molar-refractivity contribution in [2.75, 3.05) is 0 Å². The first-order chi connectivity index (χ1) is 13.9. The van der Waals surface area contributed by atoms with Crippen LogP contribution in [-0.4, -0.2) is 20.7 Å². The van der Waals surface area contributed by atoms with Gasteiger partial charge in [-0.15, -0.1) is 0 Å². The molecule has 30 heavy (non-hydrogen) atoms. The van der Waals surface area contributed by atoms with Crippen LogP contribution in [0.25, 0.3) is 0 Å². The number of nitrogens with zero attached hydrogens (tertiary/aromatic N) is 2. The fourth-order valence-electron chi connectivity index (χ4n) is 3.11. The highest BCUT2D eigenvalue weighted by Gasteiger charge is 2.61. The number of amides is 1. The Morgan fingerprint density at radius 1 is 1.13 bits per heavy atom. The van der Waals surface area contributed by atoms with E-state index in [4.69, 9.17) is 0 Å². The normalized spacial score (nSPS) is 20.9. The van der Waals surface area contributed by atoms with E-state index in [1.54, 1.807) is 19.1 Å². The predicted octanol–water partition coefficient (Wildman–Crippen LogP) is 5.96. The number of aromatic nitrogens is 1. The molecule has 0 N–H and O–H groups in total. The van der Waals surface area contributed by atoms with Crippen LogP contribution in [0.2, 0.25) is 0 Å². The summed E-state index contributed by atoms with van der Waals surface area (Å²) in [6.45, 7) is 2.61. The third kappa shape index (κ3) is 3.97. The molecule has 0 saturated heterocycles. The average molecular weight is 446 g/mol. The van der Waals surface area contributed by atoms with Crippen LogP contribution < -0.4 is 0 Å². The number of alkyl halides is 5. The number of carbonyl (C=O) groups is 1. The lowest BCUT2D eigenvalue weighted by Crippen LogP contribution is -2.45. The minimum atomic E-state index is -4.91. The van der Waals surface area contributed by atoms with Crippen molar-refractivity contribution < 1.29 is 31.1 Å². The van der Waals surface area contributed by atoms with E-state index in [0.29, 0.717) is 23.5 Å². The molecule has 1 unspecified atom stereocenters. The monoisotopic (exact) mass is 446 g/mol. The van der Waals surface area contributed by atoms with Gasteiger partial charge in [-0.25, -0.2) is 9.38 Å². The van der Waals surface area contributed by atoms with E-state index >= 15 is 8.78 Å². The van der Waals surface area contributed by atoms with E-state index in [0.717, 1.165) is 13.0 Å². The summed E-state index contributed by atoms with van der Waals surface area (Å²) in [5, 5.41) is 0.0722. The summed E-state index contributed by atoms with van der Waals surface area (Å²) < 4.78 is 80.5. The predicted molar refractivity (Wildman–Crippen MR) is 101 cm³/mol. The Balaban J connectivity index is 1.85. The zero-order valence-electron chi connectivity index (χ0n) is 15.8. The minimum absolute atomic E-state index is 0.0349. The van der Waals surface area contributed by atoms with Gasteiger partial charge in [-0.05, 0) is 36.6 Å². The molecule has 0 spiro atoms. The fraction of sp³-hybridized carbons (Fsp3) is 0.350. The minimum Gasteiger partial charge on any atom is -0.271 e. The van der Waals surface area contributed by atoms with Crippen LogP contribution in [0.4, 0.5) is 26.3 Å². The maximum atomic E-state index is 15.2. The van der Waals surface area contributed by atoms with Crippen molar-refractivity contribution in [3.8, 4) is 0 Å². The van der Waals surface area contributed by atoms with Gasteiger partial charge in [-0.2, -0.15) is 22.0 Å². The standard InChI is InChI=1S/C20H16F6N2OS/c1-11(13-5-3-4-6-14(13)21)9-16-28-17(29)18(2,30-16)19(22,23)12-7-8-27-15(10-12)20(24,25)26/h3-8,10-11H,9H2,1-2H3/t11-,18?/m1/s1. The van der Waals surface area contributed by atoms with Crippen molar-refractivity contribution in [1.29, 1.82) is 0 Å². The first-order valence-electron chi connectivity index (χ1n) is 8.83. The molecule has 1 aliphatic rings. The quantitative estimate of drug-likeness (QED) is 0.533. The fourth-order valence-corrected chi connectivity index (χ4v) is 4.42. The molecule has 2 heterocycles.